The van der Waals surface area contributed by atoms with Gasteiger partial charge in [-0.15, -0.1) is 0 Å². The van der Waals surface area contributed by atoms with Crippen LogP contribution in [0.3, 0.4) is 0 Å². The standard InChI is InChI=1S/C15H10N4O/c16-8-11-13(15(17)20)12-5-1-2-7-19(12)14(11)10-4-3-6-18-9-10/h1-7,9H,(H2,17,20). The van der Waals surface area contributed by atoms with Crippen LogP contribution in [0.5, 0.6) is 0 Å². The summed E-state index contributed by atoms with van der Waals surface area (Å²) in [5, 5.41) is 9.42. The fraction of sp³-hybridized carbons (Fsp3) is 0. The summed E-state index contributed by atoms with van der Waals surface area (Å²) in [5.41, 5.74) is 7.96. The molecule has 5 heteroatoms. The summed E-state index contributed by atoms with van der Waals surface area (Å²) in [6.45, 7) is 0. The fourth-order valence-electron chi connectivity index (χ4n) is 2.35. The third kappa shape index (κ3) is 1.63. The molecular weight excluding hydrogens is 252 g/mol. The zero-order chi connectivity index (χ0) is 14.1. The van der Waals surface area contributed by atoms with Crippen LogP contribution in [-0.4, -0.2) is 15.3 Å². The highest BCUT2D eigenvalue weighted by molar-refractivity contribution is 6.05. The lowest BCUT2D eigenvalue weighted by molar-refractivity contribution is 0.100. The molecule has 0 unspecified atom stereocenters. The molecule has 20 heavy (non-hydrogen) atoms. The van der Waals surface area contributed by atoms with Gasteiger partial charge in [0, 0.05) is 24.2 Å². The Bertz CT molecular complexity index is 843. The van der Waals surface area contributed by atoms with Crippen molar-refractivity contribution in [2.75, 3.05) is 0 Å². The predicted octanol–water partition coefficient (Wildman–Crippen LogP) is 1.97. The average molecular weight is 262 g/mol. The first-order chi connectivity index (χ1) is 9.74. The van der Waals surface area contributed by atoms with E-state index in [4.69, 9.17) is 5.73 Å². The normalized spacial score (nSPS) is 10.3. The van der Waals surface area contributed by atoms with E-state index in [-0.39, 0.29) is 11.1 Å². The van der Waals surface area contributed by atoms with Gasteiger partial charge in [0.05, 0.1) is 22.3 Å². The van der Waals surface area contributed by atoms with Crippen LogP contribution < -0.4 is 5.73 Å². The minimum atomic E-state index is -0.611. The first-order valence-electron chi connectivity index (χ1n) is 5.97. The summed E-state index contributed by atoms with van der Waals surface area (Å²) < 4.78 is 1.79. The second-order valence-electron chi connectivity index (χ2n) is 4.27. The van der Waals surface area contributed by atoms with E-state index >= 15 is 0 Å². The number of carbonyl (C=O) groups is 1. The number of fused-ring (bicyclic) bond motifs is 1. The summed E-state index contributed by atoms with van der Waals surface area (Å²) in [6, 6.07) is 11.1. The number of hydrogen-bond donors (Lipinski definition) is 1. The summed E-state index contributed by atoms with van der Waals surface area (Å²) >= 11 is 0. The molecule has 0 radical (unpaired) electrons. The molecule has 0 spiro atoms. The lowest BCUT2D eigenvalue weighted by Crippen LogP contribution is -2.12. The van der Waals surface area contributed by atoms with Crippen LogP contribution in [0.1, 0.15) is 15.9 Å². The van der Waals surface area contributed by atoms with Gasteiger partial charge >= 0.3 is 0 Å². The molecule has 0 aliphatic heterocycles. The molecule has 3 aromatic rings. The number of nitrogens with two attached hydrogens (primary N) is 1. The van der Waals surface area contributed by atoms with Crippen LogP contribution in [0.25, 0.3) is 16.8 Å². The quantitative estimate of drug-likeness (QED) is 0.766. The third-order valence-corrected chi connectivity index (χ3v) is 3.14. The van der Waals surface area contributed by atoms with Gasteiger partial charge in [-0.3, -0.25) is 9.78 Å². The molecule has 3 aromatic heterocycles. The van der Waals surface area contributed by atoms with Gasteiger partial charge in [0.15, 0.2) is 0 Å². The molecule has 0 saturated carbocycles. The fourth-order valence-corrected chi connectivity index (χ4v) is 2.35. The summed E-state index contributed by atoms with van der Waals surface area (Å²) in [5.74, 6) is -0.611. The van der Waals surface area contributed by atoms with E-state index in [0.717, 1.165) is 5.56 Å². The molecule has 96 valence electrons. The van der Waals surface area contributed by atoms with Crippen molar-refractivity contribution in [2.45, 2.75) is 0 Å². The maximum absolute atomic E-state index is 11.7. The number of amides is 1. The van der Waals surface area contributed by atoms with Crippen molar-refractivity contribution in [3.8, 4) is 17.3 Å². The first-order valence-corrected chi connectivity index (χ1v) is 5.97. The largest absolute Gasteiger partial charge is 0.365 e. The minimum absolute atomic E-state index is 0.243. The van der Waals surface area contributed by atoms with Crippen LogP contribution >= 0.6 is 0 Å². The van der Waals surface area contributed by atoms with Gasteiger partial charge in [0.1, 0.15) is 6.07 Å². The molecule has 1 amide bonds. The topological polar surface area (TPSA) is 84.2 Å². The highest BCUT2D eigenvalue weighted by Crippen LogP contribution is 2.30. The van der Waals surface area contributed by atoms with Crippen LogP contribution in [-0.2, 0) is 0 Å². The van der Waals surface area contributed by atoms with Crippen molar-refractivity contribution in [3.63, 3.8) is 0 Å². The van der Waals surface area contributed by atoms with Crippen LogP contribution in [0.15, 0.2) is 48.9 Å². The van der Waals surface area contributed by atoms with Crippen LogP contribution in [0.4, 0.5) is 0 Å². The molecule has 3 rings (SSSR count). The number of primary amides is 1. The Kier molecular flexibility index (Phi) is 2.70. The molecule has 2 N–H and O–H groups in total. The number of carbonyl (C=O) groups excluding carboxylic acids is 1. The lowest BCUT2D eigenvalue weighted by Gasteiger charge is -2.02. The molecule has 0 aromatic carbocycles. The molecule has 0 bridgehead atoms. The zero-order valence-corrected chi connectivity index (χ0v) is 10.4. The number of rotatable bonds is 2. The number of aromatic nitrogens is 2. The Morgan fingerprint density at radius 1 is 1.30 bits per heavy atom. The number of pyridine rings is 2. The van der Waals surface area contributed by atoms with E-state index in [9.17, 15) is 10.1 Å². The maximum atomic E-state index is 11.7. The van der Waals surface area contributed by atoms with Crippen molar-refractivity contribution in [1.29, 1.82) is 5.26 Å². The molecule has 0 aliphatic rings. The van der Waals surface area contributed by atoms with E-state index in [1.54, 1.807) is 41.2 Å². The minimum Gasteiger partial charge on any atom is -0.365 e. The Hall–Kier alpha value is -3.13. The van der Waals surface area contributed by atoms with Gasteiger partial charge in [-0.05, 0) is 24.3 Å². The Morgan fingerprint density at radius 3 is 2.80 bits per heavy atom. The van der Waals surface area contributed by atoms with Crippen LogP contribution in [0.2, 0.25) is 0 Å². The second-order valence-corrected chi connectivity index (χ2v) is 4.27. The van der Waals surface area contributed by atoms with Crippen LogP contribution in [0, 0.1) is 11.3 Å². The number of nitrogens with zero attached hydrogens (tertiary/aromatic N) is 3. The molecule has 0 aliphatic carbocycles. The van der Waals surface area contributed by atoms with E-state index in [2.05, 4.69) is 11.1 Å². The molecule has 0 fully saturated rings. The second kappa shape index (κ2) is 4.52. The van der Waals surface area contributed by atoms with Crippen molar-refractivity contribution in [2.24, 2.45) is 5.73 Å². The van der Waals surface area contributed by atoms with Gasteiger partial charge in [-0.2, -0.15) is 5.26 Å². The SMILES string of the molecule is N#Cc1c(C(N)=O)c2ccccn2c1-c1cccnc1. The predicted molar refractivity (Wildman–Crippen MR) is 73.9 cm³/mol. The smallest absolute Gasteiger partial charge is 0.252 e. The number of nitriles is 1. The molecule has 5 nitrogen and oxygen atoms in total. The van der Waals surface area contributed by atoms with Crippen molar-refractivity contribution < 1.29 is 4.79 Å². The van der Waals surface area contributed by atoms with E-state index in [0.29, 0.717) is 11.2 Å². The average Bonchev–Trinajstić information content (AvgIpc) is 2.82. The monoisotopic (exact) mass is 262 g/mol. The Morgan fingerprint density at radius 2 is 2.15 bits per heavy atom. The highest BCUT2D eigenvalue weighted by Gasteiger charge is 2.22. The lowest BCUT2D eigenvalue weighted by atomic mass is 10.1. The molecule has 0 atom stereocenters. The van der Waals surface area contributed by atoms with Crippen molar-refractivity contribution >= 4 is 11.4 Å². The number of hydrogen-bond acceptors (Lipinski definition) is 3. The molecular formula is C15H10N4O. The van der Waals surface area contributed by atoms with E-state index in [1.807, 2.05) is 12.1 Å². The van der Waals surface area contributed by atoms with E-state index in [1.165, 1.54) is 0 Å². The molecule has 3 heterocycles. The molecule has 0 saturated heterocycles. The Balaban J connectivity index is 2.49. The van der Waals surface area contributed by atoms with Crippen molar-refractivity contribution in [1.82, 2.24) is 9.38 Å². The zero-order valence-electron chi connectivity index (χ0n) is 10.4. The van der Waals surface area contributed by atoms with Gasteiger partial charge in [-0.1, -0.05) is 6.07 Å². The van der Waals surface area contributed by atoms with Gasteiger partial charge in [0.2, 0.25) is 0 Å². The summed E-state index contributed by atoms with van der Waals surface area (Å²) in [6.07, 6.45) is 5.10. The highest BCUT2D eigenvalue weighted by atomic mass is 16.1. The Labute approximate surface area is 114 Å². The summed E-state index contributed by atoms with van der Waals surface area (Å²) in [7, 11) is 0. The van der Waals surface area contributed by atoms with Crippen molar-refractivity contribution in [3.05, 3.63) is 60.0 Å². The van der Waals surface area contributed by atoms with Gasteiger partial charge in [0.25, 0.3) is 5.91 Å². The maximum Gasteiger partial charge on any atom is 0.252 e. The van der Waals surface area contributed by atoms with Gasteiger partial charge < -0.3 is 10.1 Å². The van der Waals surface area contributed by atoms with E-state index < -0.39 is 5.91 Å². The first kappa shape index (κ1) is 11.9. The third-order valence-electron chi connectivity index (χ3n) is 3.14. The summed E-state index contributed by atoms with van der Waals surface area (Å²) in [4.78, 5) is 15.7. The van der Waals surface area contributed by atoms with Gasteiger partial charge in [-0.25, -0.2) is 0 Å².